The molecule has 0 aliphatic heterocycles. The van der Waals surface area contributed by atoms with Gasteiger partial charge in [0.15, 0.2) is 0 Å². The van der Waals surface area contributed by atoms with Crippen LogP contribution in [0.1, 0.15) is 51.3 Å². The first-order chi connectivity index (χ1) is 7.77. The van der Waals surface area contributed by atoms with Crippen LogP contribution in [0.2, 0.25) is 0 Å². The van der Waals surface area contributed by atoms with Crippen LogP contribution in [0.3, 0.4) is 0 Å². The standard InChI is InChI=1S/C13H22N2O/c1-3-5-6-9-16-11-7-8-13(15-10-11)12(14)4-2/h7-8,10,12H,3-6,9,14H2,1-2H3/t12-/m0/s1. The molecule has 0 unspecified atom stereocenters. The molecule has 90 valence electrons. The number of aromatic nitrogens is 1. The van der Waals surface area contributed by atoms with Gasteiger partial charge in [-0.05, 0) is 25.0 Å². The molecule has 0 saturated heterocycles. The maximum atomic E-state index is 5.88. The molecule has 1 atom stereocenters. The lowest BCUT2D eigenvalue weighted by Crippen LogP contribution is -2.10. The summed E-state index contributed by atoms with van der Waals surface area (Å²) in [5, 5.41) is 0. The van der Waals surface area contributed by atoms with Crippen molar-refractivity contribution in [2.24, 2.45) is 5.73 Å². The minimum absolute atomic E-state index is 0.0362. The molecule has 3 nitrogen and oxygen atoms in total. The van der Waals surface area contributed by atoms with Gasteiger partial charge in [-0.3, -0.25) is 4.98 Å². The molecule has 1 heterocycles. The Kier molecular flexibility index (Phi) is 5.86. The Morgan fingerprint density at radius 1 is 1.31 bits per heavy atom. The van der Waals surface area contributed by atoms with Crippen molar-refractivity contribution in [3.05, 3.63) is 24.0 Å². The van der Waals surface area contributed by atoms with Gasteiger partial charge in [0.25, 0.3) is 0 Å². The zero-order valence-corrected chi connectivity index (χ0v) is 10.3. The van der Waals surface area contributed by atoms with Gasteiger partial charge in [0.05, 0.1) is 18.5 Å². The quantitative estimate of drug-likeness (QED) is 0.721. The molecule has 3 heteroatoms. The molecule has 1 aromatic heterocycles. The minimum Gasteiger partial charge on any atom is -0.492 e. The summed E-state index contributed by atoms with van der Waals surface area (Å²) in [6.07, 6.45) is 6.20. The Labute approximate surface area is 98.0 Å². The van der Waals surface area contributed by atoms with Crippen molar-refractivity contribution in [3.63, 3.8) is 0 Å². The van der Waals surface area contributed by atoms with Crippen molar-refractivity contribution in [2.45, 2.75) is 45.6 Å². The first-order valence-electron chi connectivity index (χ1n) is 6.12. The molecule has 0 amide bonds. The van der Waals surface area contributed by atoms with E-state index < -0.39 is 0 Å². The zero-order chi connectivity index (χ0) is 11.8. The number of pyridine rings is 1. The normalized spacial score (nSPS) is 12.4. The molecule has 0 radical (unpaired) electrons. The van der Waals surface area contributed by atoms with Crippen molar-refractivity contribution in [2.75, 3.05) is 6.61 Å². The molecule has 0 aliphatic rings. The van der Waals surface area contributed by atoms with Crippen LogP contribution < -0.4 is 10.5 Å². The van der Waals surface area contributed by atoms with Crippen LogP contribution in [-0.2, 0) is 0 Å². The number of nitrogens with zero attached hydrogens (tertiary/aromatic N) is 1. The molecule has 2 N–H and O–H groups in total. The summed E-state index contributed by atoms with van der Waals surface area (Å²) in [5.74, 6) is 0.836. The maximum Gasteiger partial charge on any atom is 0.137 e. The molecule has 16 heavy (non-hydrogen) atoms. The average molecular weight is 222 g/mol. The van der Waals surface area contributed by atoms with Crippen LogP contribution in [0.25, 0.3) is 0 Å². The van der Waals surface area contributed by atoms with E-state index in [1.54, 1.807) is 6.20 Å². The molecular formula is C13H22N2O. The summed E-state index contributed by atoms with van der Waals surface area (Å²) in [6, 6.07) is 3.93. The zero-order valence-electron chi connectivity index (χ0n) is 10.3. The highest BCUT2D eigenvalue weighted by Gasteiger charge is 2.04. The summed E-state index contributed by atoms with van der Waals surface area (Å²) in [7, 11) is 0. The van der Waals surface area contributed by atoms with Gasteiger partial charge in [-0.1, -0.05) is 26.7 Å². The third kappa shape index (κ3) is 4.19. The Morgan fingerprint density at radius 2 is 2.12 bits per heavy atom. The van der Waals surface area contributed by atoms with Crippen LogP contribution in [0.5, 0.6) is 5.75 Å². The third-order valence-electron chi connectivity index (χ3n) is 2.60. The van der Waals surface area contributed by atoms with Crippen molar-refractivity contribution < 1.29 is 4.74 Å². The number of unbranched alkanes of at least 4 members (excludes halogenated alkanes) is 2. The van der Waals surface area contributed by atoms with Gasteiger partial charge in [-0.25, -0.2) is 0 Å². The third-order valence-corrected chi connectivity index (χ3v) is 2.60. The van der Waals surface area contributed by atoms with Crippen molar-refractivity contribution in [3.8, 4) is 5.75 Å². The molecule has 0 aromatic carbocycles. The first kappa shape index (κ1) is 13.0. The minimum atomic E-state index is 0.0362. The van der Waals surface area contributed by atoms with E-state index in [-0.39, 0.29) is 6.04 Å². The Morgan fingerprint density at radius 3 is 2.69 bits per heavy atom. The highest BCUT2D eigenvalue weighted by molar-refractivity contribution is 5.21. The predicted molar refractivity (Wildman–Crippen MR) is 66.5 cm³/mol. The lowest BCUT2D eigenvalue weighted by Gasteiger charge is -2.09. The fraction of sp³-hybridized carbons (Fsp3) is 0.615. The smallest absolute Gasteiger partial charge is 0.137 e. The van der Waals surface area contributed by atoms with Crippen LogP contribution in [-0.4, -0.2) is 11.6 Å². The molecule has 0 bridgehead atoms. The van der Waals surface area contributed by atoms with E-state index in [4.69, 9.17) is 10.5 Å². The van der Waals surface area contributed by atoms with Gasteiger partial charge in [0.1, 0.15) is 5.75 Å². The summed E-state index contributed by atoms with van der Waals surface area (Å²) < 4.78 is 5.57. The Hall–Kier alpha value is -1.09. The van der Waals surface area contributed by atoms with Gasteiger partial charge in [-0.15, -0.1) is 0 Å². The highest BCUT2D eigenvalue weighted by Crippen LogP contribution is 2.15. The second-order valence-corrected chi connectivity index (χ2v) is 3.99. The largest absolute Gasteiger partial charge is 0.492 e. The van der Waals surface area contributed by atoms with Crippen LogP contribution >= 0.6 is 0 Å². The topological polar surface area (TPSA) is 48.1 Å². The Bertz CT molecular complexity index is 284. The van der Waals surface area contributed by atoms with Gasteiger partial charge in [-0.2, -0.15) is 0 Å². The summed E-state index contributed by atoms with van der Waals surface area (Å²) >= 11 is 0. The number of rotatable bonds is 7. The summed E-state index contributed by atoms with van der Waals surface area (Å²) in [6.45, 7) is 5.01. The molecule has 0 spiro atoms. The molecule has 1 aromatic rings. The van der Waals surface area contributed by atoms with Gasteiger partial charge < -0.3 is 10.5 Å². The maximum absolute atomic E-state index is 5.88. The summed E-state index contributed by atoms with van der Waals surface area (Å²) in [4.78, 5) is 4.30. The number of nitrogens with two attached hydrogens (primary N) is 1. The van der Waals surface area contributed by atoms with E-state index in [2.05, 4.69) is 18.8 Å². The molecular weight excluding hydrogens is 200 g/mol. The van der Waals surface area contributed by atoms with Crippen LogP contribution in [0.15, 0.2) is 18.3 Å². The van der Waals surface area contributed by atoms with Crippen molar-refractivity contribution in [1.29, 1.82) is 0 Å². The van der Waals surface area contributed by atoms with Gasteiger partial charge >= 0.3 is 0 Å². The average Bonchev–Trinajstić information content (AvgIpc) is 2.34. The van der Waals surface area contributed by atoms with Crippen molar-refractivity contribution >= 4 is 0 Å². The van der Waals surface area contributed by atoms with Crippen molar-refractivity contribution in [1.82, 2.24) is 4.98 Å². The second kappa shape index (κ2) is 7.23. The van der Waals surface area contributed by atoms with E-state index in [0.29, 0.717) is 0 Å². The van der Waals surface area contributed by atoms with E-state index >= 15 is 0 Å². The van der Waals surface area contributed by atoms with E-state index in [1.807, 2.05) is 12.1 Å². The SMILES string of the molecule is CCCCCOc1ccc([C@@H](N)CC)nc1. The fourth-order valence-electron chi connectivity index (χ4n) is 1.45. The lowest BCUT2D eigenvalue weighted by molar-refractivity contribution is 0.305. The number of hydrogen-bond donors (Lipinski definition) is 1. The summed E-state index contributed by atoms with van der Waals surface area (Å²) in [5.41, 5.74) is 6.81. The monoisotopic (exact) mass is 222 g/mol. The highest BCUT2D eigenvalue weighted by atomic mass is 16.5. The van der Waals surface area contributed by atoms with E-state index in [9.17, 15) is 0 Å². The van der Waals surface area contributed by atoms with Crippen LogP contribution in [0.4, 0.5) is 0 Å². The first-order valence-corrected chi connectivity index (χ1v) is 6.12. The molecule has 1 rings (SSSR count). The molecule has 0 aliphatic carbocycles. The van der Waals surface area contributed by atoms with E-state index in [1.165, 1.54) is 12.8 Å². The van der Waals surface area contributed by atoms with E-state index in [0.717, 1.165) is 30.9 Å². The molecule has 0 fully saturated rings. The fourth-order valence-corrected chi connectivity index (χ4v) is 1.45. The molecule has 0 saturated carbocycles. The Balaban J connectivity index is 2.39. The number of hydrogen-bond acceptors (Lipinski definition) is 3. The predicted octanol–water partition coefficient (Wildman–Crippen LogP) is 3.06. The van der Waals surface area contributed by atoms with Gasteiger partial charge in [0, 0.05) is 6.04 Å². The number of ether oxygens (including phenoxy) is 1. The van der Waals surface area contributed by atoms with Crippen LogP contribution in [0, 0.1) is 0 Å². The van der Waals surface area contributed by atoms with Gasteiger partial charge in [0.2, 0.25) is 0 Å². The second-order valence-electron chi connectivity index (χ2n) is 3.99. The lowest BCUT2D eigenvalue weighted by atomic mass is 10.1.